The standard InChI is InChI=1S/C24H29N/c1-24(2,3)22-14-12-19(13-15-22)16-17-25(4)18-21-10-7-9-20-8-5-6-11-23(20)21/h5-15H,16-18H2,1-4H3. The Morgan fingerprint density at radius 1 is 0.800 bits per heavy atom. The van der Waals surface area contributed by atoms with Crippen LogP contribution < -0.4 is 0 Å². The Morgan fingerprint density at radius 2 is 1.48 bits per heavy atom. The van der Waals surface area contributed by atoms with E-state index in [-0.39, 0.29) is 5.41 Å². The van der Waals surface area contributed by atoms with Crippen molar-refractivity contribution in [1.82, 2.24) is 4.90 Å². The van der Waals surface area contributed by atoms with Gasteiger partial charge in [-0.25, -0.2) is 0 Å². The molecule has 3 aromatic carbocycles. The molecular weight excluding hydrogens is 302 g/mol. The molecule has 1 nitrogen and oxygen atoms in total. The Labute approximate surface area is 152 Å². The number of nitrogens with zero attached hydrogens (tertiary/aromatic N) is 1. The molecule has 0 bridgehead atoms. The van der Waals surface area contributed by atoms with Gasteiger partial charge in [-0.3, -0.25) is 0 Å². The number of likely N-dealkylation sites (N-methyl/N-ethyl adjacent to an activating group) is 1. The fraction of sp³-hybridized carbons (Fsp3) is 0.333. The van der Waals surface area contributed by atoms with Gasteiger partial charge in [-0.05, 0) is 46.3 Å². The first-order valence-electron chi connectivity index (χ1n) is 9.18. The number of hydrogen-bond acceptors (Lipinski definition) is 1. The average Bonchev–Trinajstić information content (AvgIpc) is 2.60. The minimum absolute atomic E-state index is 0.226. The van der Waals surface area contributed by atoms with Crippen LogP contribution in [-0.4, -0.2) is 18.5 Å². The van der Waals surface area contributed by atoms with Gasteiger partial charge >= 0.3 is 0 Å². The smallest absolute Gasteiger partial charge is 0.0236 e. The lowest BCUT2D eigenvalue weighted by Gasteiger charge is -2.20. The van der Waals surface area contributed by atoms with Crippen LogP contribution in [0.15, 0.2) is 66.7 Å². The summed E-state index contributed by atoms with van der Waals surface area (Å²) in [6.07, 6.45) is 1.09. The molecule has 0 N–H and O–H groups in total. The largest absolute Gasteiger partial charge is 0.302 e. The molecule has 0 amide bonds. The summed E-state index contributed by atoms with van der Waals surface area (Å²) in [5.41, 5.74) is 4.45. The van der Waals surface area contributed by atoms with Crippen molar-refractivity contribution in [3.8, 4) is 0 Å². The Kier molecular flexibility index (Phi) is 5.24. The summed E-state index contributed by atoms with van der Waals surface area (Å²) in [5, 5.41) is 2.69. The molecular formula is C24H29N. The molecule has 1 heteroatoms. The first-order valence-corrected chi connectivity index (χ1v) is 9.18. The third-order valence-corrected chi connectivity index (χ3v) is 4.92. The highest BCUT2D eigenvalue weighted by Gasteiger charge is 2.13. The number of hydrogen-bond donors (Lipinski definition) is 0. The summed E-state index contributed by atoms with van der Waals surface area (Å²) in [6, 6.07) is 24.4. The molecule has 3 aromatic rings. The monoisotopic (exact) mass is 331 g/mol. The zero-order valence-corrected chi connectivity index (χ0v) is 15.9. The first kappa shape index (κ1) is 17.7. The molecule has 0 saturated heterocycles. The minimum Gasteiger partial charge on any atom is -0.302 e. The summed E-state index contributed by atoms with van der Waals surface area (Å²) < 4.78 is 0. The second-order valence-electron chi connectivity index (χ2n) is 8.07. The molecule has 0 aliphatic rings. The number of rotatable bonds is 5. The number of fused-ring (bicyclic) bond motifs is 1. The molecule has 0 aromatic heterocycles. The van der Waals surface area contributed by atoms with Gasteiger partial charge in [0.15, 0.2) is 0 Å². The topological polar surface area (TPSA) is 3.24 Å². The molecule has 0 radical (unpaired) electrons. The van der Waals surface area contributed by atoms with Crippen LogP contribution in [-0.2, 0) is 18.4 Å². The molecule has 0 saturated carbocycles. The van der Waals surface area contributed by atoms with E-state index in [1.54, 1.807) is 0 Å². The SMILES string of the molecule is CN(CCc1ccc(C(C)(C)C)cc1)Cc1cccc2ccccc12. The highest BCUT2D eigenvalue weighted by Crippen LogP contribution is 2.23. The summed E-state index contributed by atoms with van der Waals surface area (Å²) in [4.78, 5) is 2.42. The van der Waals surface area contributed by atoms with Crippen molar-refractivity contribution in [2.45, 2.75) is 39.2 Å². The van der Waals surface area contributed by atoms with Crippen molar-refractivity contribution in [3.05, 3.63) is 83.4 Å². The van der Waals surface area contributed by atoms with Gasteiger partial charge < -0.3 is 4.90 Å². The van der Waals surface area contributed by atoms with Crippen LogP contribution >= 0.6 is 0 Å². The van der Waals surface area contributed by atoms with Crippen molar-refractivity contribution in [2.24, 2.45) is 0 Å². The number of benzene rings is 3. The first-order chi connectivity index (χ1) is 11.9. The lowest BCUT2D eigenvalue weighted by molar-refractivity contribution is 0.332. The van der Waals surface area contributed by atoms with E-state index in [4.69, 9.17) is 0 Å². The van der Waals surface area contributed by atoms with Crippen molar-refractivity contribution in [3.63, 3.8) is 0 Å². The van der Waals surface area contributed by atoms with E-state index in [1.165, 1.54) is 27.5 Å². The van der Waals surface area contributed by atoms with Gasteiger partial charge in [-0.15, -0.1) is 0 Å². The predicted octanol–water partition coefficient (Wildman–Crippen LogP) is 5.81. The maximum atomic E-state index is 2.42. The maximum Gasteiger partial charge on any atom is 0.0236 e. The summed E-state index contributed by atoms with van der Waals surface area (Å²) in [5.74, 6) is 0. The molecule has 0 fully saturated rings. The summed E-state index contributed by atoms with van der Waals surface area (Å²) >= 11 is 0. The van der Waals surface area contributed by atoms with Crippen molar-refractivity contribution in [1.29, 1.82) is 0 Å². The van der Waals surface area contributed by atoms with Crippen LogP contribution in [0.2, 0.25) is 0 Å². The van der Waals surface area contributed by atoms with E-state index in [0.29, 0.717) is 0 Å². The molecule has 0 spiro atoms. The van der Waals surface area contributed by atoms with E-state index >= 15 is 0 Å². The van der Waals surface area contributed by atoms with Crippen LogP contribution in [0.3, 0.4) is 0 Å². The Bertz CT molecular complexity index is 819. The van der Waals surface area contributed by atoms with Crippen LogP contribution in [0.4, 0.5) is 0 Å². The van der Waals surface area contributed by atoms with Crippen LogP contribution in [0.1, 0.15) is 37.5 Å². The molecule has 0 aliphatic heterocycles. The van der Waals surface area contributed by atoms with Gasteiger partial charge in [0.2, 0.25) is 0 Å². The fourth-order valence-corrected chi connectivity index (χ4v) is 3.29. The highest BCUT2D eigenvalue weighted by atomic mass is 15.1. The van der Waals surface area contributed by atoms with Crippen LogP contribution in [0.25, 0.3) is 10.8 Å². The second kappa shape index (κ2) is 7.41. The van der Waals surface area contributed by atoms with Crippen LogP contribution in [0, 0.1) is 0 Å². The molecule has 0 heterocycles. The zero-order chi connectivity index (χ0) is 17.9. The second-order valence-corrected chi connectivity index (χ2v) is 8.07. The minimum atomic E-state index is 0.226. The van der Waals surface area contributed by atoms with Crippen molar-refractivity contribution >= 4 is 10.8 Å². The van der Waals surface area contributed by atoms with E-state index in [9.17, 15) is 0 Å². The van der Waals surface area contributed by atoms with E-state index in [2.05, 4.69) is 99.4 Å². The fourth-order valence-electron chi connectivity index (χ4n) is 3.29. The quantitative estimate of drug-likeness (QED) is 0.570. The summed E-state index contributed by atoms with van der Waals surface area (Å²) in [6.45, 7) is 8.85. The Morgan fingerprint density at radius 3 is 2.20 bits per heavy atom. The third kappa shape index (κ3) is 4.49. The van der Waals surface area contributed by atoms with E-state index in [1.807, 2.05) is 0 Å². The normalized spacial score (nSPS) is 12.0. The van der Waals surface area contributed by atoms with E-state index < -0.39 is 0 Å². The van der Waals surface area contributed by atoms with Gasteiger partial charge in [0, 0.05) is 13.1 Å². The van der Waals surface area contributed by atoms with Gasteiger partial charge in [0.05, 0.1) is 0 Å². The van der Waals surface area contributed by atoms with Crippen molar-refractivity contribution in [2.75, 3.05) is 13.6 Å². The Balaban J connectivity index is 1.62. The van der Waals surface area contributed by atoms with Gasteiger partial charge in [-0.1, -0.05) is 87.5 Å². The molecule has 0 atom stereocenters. The lowest BCUT2D eigenvalue weighted by Crippen LogP contribution is -2.21. The maximum absolute atomic E-state index is 2.42. The van der Waals surface area contributed by atoms with Gasteiger partial charge in [-0.2, -0.15) is 0 Å². The molecule has 130 valence electrons. The van der Waals surface area contributed by atoms with Crippen LogP contribution in [0.5, 0.6) is 0 Å². The highest BCUT2D eigenvalue weighted by molar-refractivity contribution is 5.85. The summed E-state index contributed by atoms with van der Waals surface area (Å²) in [7, 11) is 2.21. The molecule has 0 aliphatic carbocycles. The van der Waals surface area contributed by atoms with E-state index in [0.717, 1.165) is 19.5 Å². The van der Waals surface area contributed by atoms with Gasteiger partial charge in [0.1, 0.15) is 0 Å². The predicted molar refractivity (Wildman–Crippen MR) is 109 cm³/mol. The Hall–Kier alpha value is -2.12. The third-order valence-electron chi connectivity index (χ3n) is 4.92. The molecule has 25 heavy (non-hydrogen) atoms. The average molecular weight is 332 g/mol. The van der Waals surface area contributed by atoms with Gasteiger partial charge in [0.25, 0.3) is 0 Å². The lowest BCUT2D eigenvalue weighted by atomic mass is 9.86. The molecule has 3 rings (SSSR count). The van der Waals surface area contributed by atoms with Crippen molar-refractivity contribution < 1.29 is 0 Å². The zero-order valence-electron chi connectivity index (χ0n) is 15.9. The molecule has 0 unspecified atom stereocenters.